The van der Waals surface area contributed by atoms with Crippen LogP contribution in [0.4, 0.5) is 0 Å². The fourth-order valence-electron chi connectivity index (χ4n) is 3.14. The molecular weight excluding hydrogens is 322 g/mol. The van der Waals surface area contributed by atoms with Crippen LogP contribution in [0.3, 0.4) is 0 Å². The molecule has 0 radical (unpaired) electrons. The van der Waals surface area contributed by atoms with Crippen LogP contribution in [0.2, 0.25) is 0 Å². The van der Waals surface area contributed by atoms with Gasteiger partial charge in [0, 0.05) is 17.8 Å². The first-order valence-corrected chi connectivity index (χ1v) is 8.23. The molecule has 0 N–H and O–H groups in total. The summed E-state index contributed by atoms with van der Waals surface area (Å²) >= 11 is 0. The molecule has 130 valence electrons. The molecule has 1 fully saturated rings. The van der Waals surface area contributed by atoms with Crippen LogP contribution in [0.15, 0.2) is 24.3 Å². The zero-order valence-corrected chi connectivity index (χ0v) is 14.2. The van der Waals surface area contributed by atoms with Crippen molar-refractivity contribution in [2.75, 3.05) is 26.5 Å². The zero-order valence-electron chi connectivity index (χ0n) is 14.2. The van der Waals surface area contributed by atoms with E-state index in [1.165, 1.54) is 0 Å². The molecule has 7 nitrogen and oxygen atoms in total. The number of fused-ring (bicyclic) bond motifs is 1. The van der Waals surface area contributed by atoms with Crippen molar-refractivity contribution in [1.29, 1.82) is 0 Å². The predicted octanol–water partition coefficient (Wildman–Crippen LogP) is 2.04. The topological polar surface area (TPSA) is 73.8 Å². The largest absolute Gasteiger partial charge is 0.454 e. The number of morpholine rings is 1. The second-order valence-electron chi connectivity index (χ2n) is 6.16. The summed E-state index contributed by atoms with van der Waals surface area (Å²) in [6.07, 6.45) is -0.243. The first-order chi connectivity index (χ1) is 12.1. The van der Waals surface area contributed by atoms with E-state index in [4.69, 9.17) is 14.2 Å². The highest BCUT2D eigenvalue weighted by Gasteiger charge is 2.28. The molecule has 0 saturated carbocycles. The number of carbonyl (C=O) groups excluding carboxylic acids is 1. The van der Waals surface area contributed by atoms with Crippen molar-refractivity contribution in [2.45, 2.75) is 20.0 Å². The Bertz CT molecular complexity index is 804. The fraction of sp³-hybridized carbons (Fsp3) is 0.389. The van der Waals surface area contributed by atoms with Crippen molar-refractivity contribution in [2.24, 2.45) is 0 Å². The smallest absolute Gasteiger partial charge is 0.254 e. The molecule has 2 aromatic rings. The molecule has 2 aliphatic rings. The van der Waals surface area contributed by atoms with Crippen molar-refractivity contribution in [3.8, 4) is 11.5 Å². The second-order valence-corrected chi connectivity index (χ2v) is 6.16. The lowest BCUT2D eigenvalue weighted by Crippen LogP contribution is -2.42. The number of aryl methyl sites for hydroxylation is 2. The number of aromatic nitrogens is 2. The minimum Gasteiger partial charge on any atom is -0.454 e. The molecule has 0 spiro atoms. The van der Waals surface area contributed by atoms with Crippen LogP contribution < -0.4 is 9.47 Å². The molecule has 2 aliphatic heterocycles. The average Bonchev–Trinajstić information content (AvgIpc) is 3.08. The Morgan fingerprint density at radius 2 is 2.00 bits per heavy atom. The van der Waals surface area contributed by atoms with Crippen LogP contribution >= 0.6 is 0 Å². The Labute approximate surface area is 145 Å². The van der Waals surface area contributed by atoms with Gasteiger partial charge in [-0.1, -0.05) is 0 Å². The van der Waals surface area contributed by atoms with Crippen LogP contribution in [0, 0.1) is 13.8 Å². The molecule has 7 heteroatoms. The third kappa shape index (κ3) is 3.15. The third-order valence-electron chi connectivity index (χ3n) is 4.29. The predicted molar refractivity (Wildman–Crippen MR) is 88.7 cm³/mol. The molecule has 1 unspecified atom stereocenters. The summed E-state index contributed by atoms with van der Waals surface area (Å²) in [7, 11) is 0. The highest BCUT2D eigenvalue weighted by molar-refractivity contribution is 5.95. The van der Waals surface area contributed by atoms with Gasteiger partial charge in [-0.05, 0) is 38.1 Å². The van der Waals surface area contributed by atoms with Crippen molar-refractivity contribution >= 4 is 5.91 Å². The normalized spacial score (nSPS) is 19.1. The van der Waals surface area contributed by atoms with Gasteiger partial charge in [0.25, 0.3) is 5.91 Å². The van der Waals surface area contributed by atoms with Crippen LogP contribution in [-0.4, -0.2) is 47.3 Å². The Kier molecular flexibility index (Phi) is 4.01. The Balaban J connectivity index is 1.53. The van der Waals surface area contributed by atoms with Crippen LogP contribution in [0.25, 0.3) is 0 Å². The first-order valence-electron chi connectivity index (χ1n) is 8.23. The second kappa shape index (κ2) is 6.33. The monoisotopic (exact) mass is 341 g/mol. The zero-order chi connectivity index (χ0) is 17.4. The molecule has 1 saturated heterocycles. The quantitative estimate of drug-likeness (QED) is 0.832. The van der Waals surface area contributed by atoms with Gasteiger partial charge in [-0.25, -0.2) is 9.97 Å². The summed E-state index contributed by atoms with van der Waals surface area (Å²) in [5.41, 5.74) is 2.29. The highest BCUT2D eigenvalue weighted by atomic mass is 16.7. The van der Waals surface area contributed by atoms with Gasteiger partial charge < -0.3 is 19.1 Å². The van der Waals surface area contributed by atoms with Crippen LogP contribution in [-0.2, 0) is 4.74 Å². The van der Waals surface area contributed by atoms with Crippen LogP contribution in [0.5, 0.6) is 11.5 Å². The van der Waals surface area contributed by atoms with Crippen molar-refractivity contribution in [1.82, 2.24) is 14.9 Å². The lowest BCUT2D eigenvalue weighted by atomic mass is 10.1. The maximum absolute atomic E-state index is 12.9. The molecule has 0 bridgehead atoms. The van der Waals surface area contributed by atoms with Gasteiger partial charge in [-0.15, -0.1) is 0 Å². The minimum atomic E-state index is -0.243. The number of carbonyl (C=O) groups is 1. The fourth-order valence-corrected chi connectivity index (χ4v) is 3.14. The molecule has 25 heavy (non-hydrogen) atoms. The molecular formula is C18H19N3O4. The van der Waals surface area contributed by atoms with Crippen molar-refractivity contribution < 1.29 is 19.0 Å². The number of ether oxygens (including phenoxy) is 3. The first kappa shape index (κ1) is 15.8. The summed E-state index contributed by atoms with van der Waals surface area (Å²) in [5.74, 6) is 1.94. The number of benzene rings is 1. The Hall–Kier alpha value is -2.67. The van der Waals surface area contributed by atoms with E-state index in [1.54, 1.807) is 23.1 Å². The van der Waals surface area contributed by atoms with Gasteiger partial charge in [0.05, 0.1) is 18.8 Å². The van der Waals surface area contributed by atoms with Gasteiger partial charge >= 0.3 is 0 Å². The molecule has 3 heterocycles. The van der Waals surface area contributed by atoms with Gasteiger partial charge in [0.2, 0.25) is 6.79 Å². The highest BCUT2D eigenvalue weighted by Crippen LogP contribution is 2.33. The van der Waals surface area contributed by atoms with E-state index in [9.17, 15) is 4.79 Å². The standard InChI is InChI=1S/C18H19N3O4/c1-11-7-14(20-12(2)19-11)17-9-21(5-6-23-17)18(22)13-3-4-15-16(8-13)25-10-24-15/h3-4,7-8,17H,5-6,9-10H2,1-2H3. The van der Waals surface area contributed by atoms with Crippen molar-refractivity contribution in [3.05, 3.63) is 47.0 Å². The number of hydrogen-bond donors (Lipinski definition) is 0. The van der Waals surface area contributed by atoms with Gasteiger partial charge in [-0.3, -0.25) is 4.79 Å². The Morgan fingerprint density at radius 3 is 2.84 bits per heavy atom. The SMILES string of the molecule is Cc1cc(C2CN(C(=O)c3ccc4c(c3)OCO4)CCO2)nc(C)n1. The van der Waals surface area contributed by atoms with Gasteiger partial charge in [-0.2, -0.15) is 0 Å². The van der Waals surface area contributed by atoms with Crippen LogP contribution in [0.1, 0.15) is 33.7 Å². The molecule has 0 aliphatic carbocycles. The maximum Gasteiger partial charge on any atom is 0.254 e. The summed E-state index contributed by atoms with van der Waals surface area (Å²) in [6, 6.07) is 7.17. The van der Waals surface area contributed by atoms with E-state index < -0.39 is 0 Å². The van der Waals surface area contributed by atoms with E-state index in [0.717, 1.165) is 11.4 Å². The molecule has 4 rings (SSSR count). The third-order valence-corrected chi connectivity index (χ3v) is 4.29. The minimum absolute atomic E-state index is 0.0471. The number of hydrogen-bond acceptors (Lipinski definition) is 6. The van der Waals surface area contributed by atoms with Gasteiger partial charge in [0.1, 0.15) is 11.9 Å². The lowest BCUT2D eigenvalue weighted by molar-refractivity contribution is -0.0248. The number of rotatable bonds is 2. The summed E-state index contributed by atoms with van der Waals surface area (Å²) in [4.78, 5) is 23.4. The van der Waals surface area contributed by atoms with Gasteiger partial charge in [0.15, 0.2) is 11.5 Å². The maximum atomic E-state index is 12.9. The summed E-state index contributed by atoms with van der Waals surface area (Å²) < 4.78 is 16.5. The molecule has 1 atom stereocenters. The van der Waals surface area contributed by atoms with Crippen molar-refractivity contribution in [3.63, 3.8) is 0 Å². The number of nitrogens with zero attached hydrogens (tertiary/aromatic N) is 3. The van der Waals surface area contributed by atoms with E-state index in [1.807, 2.05) is 19.9 Å². The Morgan fingerprint density at radius 1 is 1.16 bits per heavy atom. The van der Waals surface area contributed by atoms with E-state index in [0.29, 0.717) is 42.6 Å². The average molecular weight is 341 g/mol. The van der Waals surface area contributed by atoms with E-state index >= 15 is 0 Å². The van der Waals surface area contributed by atoms with E-state index in [-0.39, 0.29) is 18.8 Å². The molecule has 1 aromatic heterocycles. The molecule has 1 amide bonds. The summed E-state index contributed by atoms with van der Waals surface area (Å²) in [5, 5.41) is 0. The molecule has 1 aromatic carbocycles. The van der Waals surface area contributed by atoms with E-state index in [2.05, 4.69) is 9.97 Å². The lowest BCUT2D eigenvalue weighted by Gasteiger charge is -2.33. The number of amides is 1. The summed E-state index contributed by atoms with van der Waals surface area (Å²) in [6.45, 7) is 5.46.